The Labute approximate surface area is 161 Å². The van der Waals surface area contributed by atoms with Crippen LogP contribution in [0.2, 0.25) is 0 Å². The van der Waals surface area contributed by atoms with E-state index in [-0.39, 0.29) is 0 Å². The summed E-state index contributed by atoms with van der Waals surface area (Å²) in [6.07, 6.45) is 5.58. The van der Waals surface area contributed by atoms with E-state index in [9.17, 15) is 8.76 Å². The standard InChI is InChI=1S/C18H26N4O4S/c1-25-16-10-14-15(11-17(16)26-2)19-12-20-18(14)22-8-3-4-13(6-9-22)5-7-21-27(23)24/h10-13,21H,3-9H2,1-2H3,(H,23,24)/p-1. The van der Waals surface area contributed by atoms with Gasteiger partial charge in [0.2, 0.25) is 0 Å². The number of nitrogens with zero attached hydrogens (tertiary/aromatic N) is 3. The molecular weight excluding hydrogens is 368 g/mol. The fourth-order valence-corrected chi connectivity index (χ4v) is 3.92. The highest BCUT2D eigenvalue weighted by atomic mass is 32.2. The van der Waals surface area contributed by atoms with Crippen LogP contribution in [-0.4, -0.2) is 52.6 Å². The molecule has 8 nitrogen and oxygen atoms in total. The third-order valence-electron chi connectivity index (χ3n) is 5.04. The van der Waals surface area contributed by atoms with Crippen molar-refractivity contribution in [3.63, 3.8) is 0 Å². The van der Waals surface area contributed by atoms with Gasteiger partial charge in [-0.25, -0.2) is 14.7 Å². The first-order valence-electron chi connectivity index (χ1n) is 9.06. The quantitative estimate of drug-likeness (QED) is 0.719. The van der Waals surface area contributed by atoms with E-state index in [0.29, 0.717) is 24.0 Å². The van der Waals surface area contributed by atoms with Crippen LogP contribution in [0.3, 0.4) is 0 Å². The number of nitrogens with one attached hydrogen (secondary N) is 1. The summed E-state index contributed by atoms with van der Waals surface area (Å²) in [5.41, 5.74) is 0.820. The maximum Gasteiger partial charge on any atom is 0.162 e. The molecule has 0 amide bonds. The van der Waals surface area contributed by atoms with E-state index in [1.807, 2.05) is 12.1 Å². The van der Waals surface area contributed by atoms with Gasteiger partial charge in [-0.2, -0.15) is 0 Å². The monoisotopic (exact) mass is 393 g/mol. The Morgan fingerprint density at radius 2 is 2.00 bits per heavy atom. The van der Waals surface area contributed by atoms with Crippen molar-refractivity contribution >= 4 is 28.0 Å². The Kier molecular flexibility index (Phi) is 6.81. The third-order valence-corrected chi connectivity index (χ3v) is 5.48. The Hall–Kier alpha value is -1.97. The van der Waals surface area contributed by atoms with E-state index < -0.39 is 11.3 Å². The number of fused-ring (bicyclic) bond motifs is 1. The lowest BCUT2D eigenvalue weighted by Gasteiger charge is -2.23. The molecule has 0 saturated carbocycles. The lowest BCUT2D eigenvalue weighted by atomic mass is 9.97. The molecule has 9 heteroatoms. The molecule has 2 atom stereocenters. The molecule has 1 aliphatic rings. The average molecular weight is 393 g/mol. The summed E-state index contributed by atoms with van der Waals surface area (Å²) in [5, 5.41) is 0.942. The number of benzene rings is 1. The molecule has 1 aliphatic heterocycles. The van der Waals surface area contributed by atoms with Crippen molar-refractivity contribution in [2.24, 2.45) is 5.92 Å². The van der Waals surface area contributed by atoms with Crippen LogP contribution in [0.25, 0.3) is 10.9 Å². The van der Waals surface area contributed by atoms with Gasteiger partial charge in [0.15, 0.2) is 11.5 Å². The highest BCUT2D eigenvalue weighted by Gasteiger charge is 2.20. The second kappa shape index (κ2) is 9.29. The topological polar surface area (TPSA) is 99.6 Å². The molecule has 0 spiro atoms. The van der Waals surface area contributed by atoms with Crippen molar-refractivity contribution in [3.8, 4) is 11.5 Å². The summed E-state index contributed by atoms with van der Waals surface area (Å²) in [5.74, 6) is 2.72. The lowest BCUT2D eigenvalue weighted by molar-refractivity contribution is 0.356. The first-order valence-corrected chi connectivity index (χ1v) is 10.1. The van der Waals surface area contributed by atoms with Gasteiger partial charge in [-0.05, 0) is 37.7 Å². The van der Waals surface area contributed by atoms with Crippen LogP contribution in [-0.2, 0) is 11.3 Å². The van der Waals surface area contributed by atoms with Crippen molar-refractivity contribution in [3.05, 3.63) is 18.5 Å². The summed E-state index contributed by atoms with van der Waals surface area (Å²) < 4.78 is 34.5. The van der Waals surface area contributed by atoms with E-state index >= 15 is 0 Å². The lowest BCUT2D eigenvalue weighted by Crippen LogP contribution is -2.26. The Balaban J connectivity index is 1.78. The van der Waals surface area contributed by atoms with Gasteiger partial charge in [0.1, 0.15) is 12.1 Å². The molecule has 0 bridgehead atoms. The molecule has 2 unspecified atom stereocenters. The maximum atomic E-state index is 10.6. The molecular formula is C18H25N4O4S-. The number of rotatable bonds is 7. The van der Waals surface area contributed by atoms with Crippen LogP contribution >= 0.6 is 0 Å². The first kappa shape index (κ1) is 19.8. The van der Waals surface area contributed by atoms with Gasteiger partial charge in [-0.3, -0.25) is 4.21 Å². The zero-order valence-electron chi connectivity index (χ0n) is 15.6. The highest BCUT2D eigenvalue weighted by molar-refractivity contribution is 7.77. The number of anilines is 1. The van der Waals surface area contributed by atoms with Gasteiger partial charge >= 0.3 is 0 Å². The van der Waals surface area contributed by atoms with E-state index in [4.69, 9.17) is 9.47 Å². The summed E-state index contributed by atoms with van der Waals surface area (Å²) in [7, 11) is 3.23. The summed E-state index contributed by atoms with van der Waals surface area (Å²) >= 11 is -2.18. The maximum absolute atomic E-state index is 10.6. The zero-order valence-corrected chi connectivity index (χ0v) is 16.5. The molecule has 0 radical (unpaired) electrons. The van der Waals surface area contributed by atoms with E-state index in [1.165, 1.54) is 0 Å². The molecule has 0 aliphatic carbocycles. The van der Waals surface area contributed by atoms with Crippen molar-refractivity contribution < 1.29 is 18.2 Å². The SMILES string of the molecule is COc1cc2ncnc(N3CCCC(CCNS(=O)[O-])CC3)c2cc1OC. The van der Waals surface area contributed by atoms with Crippen molar-refractivity contribution in [2.45, 2.75) is 25.7 Å². The van der Waals surface area contributed by atoms with E-state index in [1.54, 1.807) is 20.5 Å². The van der Waals surface area contributed by atoms with Crippen LogP contribution in [0, 0.1) is 5.92 Å². The molecule has 3 rings (SSSR count). The summed E-state index contributed by atoms with van der Waals surface area (Å²) in [6, 6.07) is 3.80. The molecule has 2 heterocycles. The third kappa shape index (κ3) is 4.85. The Bertz CT molecular complexity index is 804. The van der Waals surface area contributed by atoms with Gasteiger partial charge in [-0.1, -0.05) is 0 Å². The molecule has 27 heavy (non-hydrogen) atoms. The Morgan fingerprint density at radius 3 is 2.74 bits per heavy atom. The largest absolute Gasteiger partial charge is 0.760 e. The minimum absolute atomic E-state index is 0.494. The van der Waals surface area contributed by atoms with E-state index in [0.717, 1.165) is 55.5 Å². The highest BCUT2D eigenvalue weighted by Crippen LogP contribution is 2.35. The average Bonchev–Trinajstić information content (AvgIpc) is 2.91. The van der Waals surface area contributed by atoms with Crippen molar-refractivity contribution in [2.75, 3.05) is 38.8 Å². The minimum Gasteiger partial charge on any atom is -0.760 e. The number of ether oxygens (including phenoxy) is 2. The number of aromatic nitrogens is 2. The van der Waals surface area contributed by atoms with Gasteiger partial charge in [-0.15, -0.1) is 0 Å². The molecule has 1 aromatic heterocycles. The predicted molar refractivity (Wildman–Crippen MR) is 104 cm³/mol. The minimum atomic E-state index is -2.18. The second-order valence-electron chi connectivity index (χ2n) is 6.62. The molecule has 148 valence electrons. The van der Waals surface area contributed by atoms with Crippen molar-refractivity contribution in [1.82, 2.24) is 14.7 Å². The summed E-state index contributed by atoms with van der Waals surface area (Å²) in [6.45, 7) is 2.29. The Morgan fingerprint density at radius 1 is 1.22 bits per heavy atom. The number of hydrogen-bond acceptors (Lipinski definition) is 7. The summed E-state index contributed by atoms with van der Waals surface area (Å²) in [4.78, 5) is 11.2. The number of methoxy groups -OCH3 is 2. The second-order valence-corrected chi connectivity index (χ2v) is 7.38. The first-order chi connectivity index (χ1) is 13.1. The van der Waals surface area contributed by atoms with Crippen LogP contribution < -0.4 is 19.1 Å². The van der Waals surface area contributed by atoms with Gasteiger partial charge in [0, 0.05) is 42.4 Å². The molecule has 1 saturated heterocycles. The normalized spacial score (nSPS) is 18.9. The van der Waals surface area contributed by atoms with Crippen molar-refractivity contribution in [1.29, 1.82) is 0 Å². The molecule has 1 N–H and O–H groups in total. The van der Waals surface area contributed by atoms with Gasteiger partial charge < -0.3 is 18.9 Å². The fourth-order valence-electron chi connectivity index (χ4n) is 3.63. The fraction of sp³-hybridized carbons (Fsp3) is 0.556. The zero-order chi connectivity index (χ0) is 19.2. The van der Waals surface area contributed by atoms with E-state index in [2.05, 4.69) is 19.6 Å². The molecule has 2 aromatic rings. The van der Waals surface area contributed by atoms with Crippen LogP contribution in [0.5, 0.6) is 11.5 Å². The van der Waals surface area contributed by atoms with Crippen LogP contribution in [0.15, 0.2) is 18.5 Å². The van der Waals surface area contributed by atoms with Crippen LogP contribution in [0.1, 0.15) is 25.7 Å². The molecule has 1 aromatic carbocycles. The smallest absolute Gasteiger partial charge is 0.162 e. The number of hydrogen-bond donors (Lipinski definition) is 1. The van der Waals surface area contributed by atoms with Gasteiger partial charge in [0.05, 0.1) is 19.7 Å². The predicted octanol–water partition coefficient (Wildman–Crippen LogP) is 2.03. The van der Waals surface area contributed by atoms with Gasteiger partial charge in [0.25, 0.3) is 0 Å². The molecule has 1 fully saturated rings. The van der Waals surface area contributed by atoms with Crippen LogP contribution in [0.4, 0.5) is 5.82 Å².